The van der Waals surface area contributed by atoms with Crippen LogP contribution in [0, 0.1) is 5.92 Å². The van der Waals surface area contributed by atoms with E-state index in [0.717, 1.165) is 15.6 Å². The van der Waals surface area contributed by atoms with Crippen LogP contribution in [0.2, 0.25) is 18.6 Å². The van der Waals surface area contributed by atoms with E-state index in [-0.39, 0.29) is 43.8 Å². The maximum atomic E-state index is 16.4. The molecule has 0 radical (unpaired) electrons. The van der Waals surface area contributed by atoms with Gasteiger partial charge in [-0.2, -0.15) is 0 Å². The molecule has 4 atom stereocenters. The Balaban J connectivity index is 1.25. The van der Waals surface area contributed by atoms with Gasteiger partial charge in [0.25, 0.3) is 11.8 Å². The number of nitrogens with zero attached hydrogens (tertiary/aromatic N) is 2. The standard InChI is InChI=1S/C40H43BrFN3O6Si/c1-26-37(52(3,4)42)35(23-36(47)44(20-21-46)24-27-8-6-5-7-9-27)51-40(26)33-22-30(41)14-19-34(33)45(39(40)49)25-28-10-15-31(16-11-28)43-38(48)29-12-17-32(50-2)18-13-29/h5-19,22,26,35,37,46H,20-21,23-25H2,1-4H3,(H,43,48)/t26-,35+,37-,40+/m1/s1. The van der Waals surface area contributed by atoms with Crippen molar-refractivity contribution in [3.63, 3.8) is 0 Å². The zero-order valence-electron chi connectivity index (χ0n) is 29.6. The fourth-order valence-corrected chi connectivity index (χ4v) is 10.6. The molecule has 1 spiro atoms. The van der Waals surface area contributed by atoms with E-state index in [4.69, 9.17) is 9.47 Å². The predicted molar refractivity (Wildman–Crippen MR) is 204 cm³/mol. The summed E-state index contributed by atoms with van der Waals surface area (Å²) in [6.45, 7) is 5.49. The van der Waals surface area contributed by atoms with Crippen LogP contribution >= 0.6 is 15.9 Å². The number of fused-ring (bicyclic) bond motifs is 2. The van der Waals surface area contributed by atoms with Crippen LogP contribution in [0.5, 0.6) is 5.75 Å². The number of benzene rings is 4. The molecule has 2 aliphatic heterocycles. The van der Waals surface area contributed by atoms with Gasteiger partial charge >= 0.3 is 0 Å². The predicted octanol–water partition coefficient (Wildman–Crippen LogP) is 7.44. The number of carbonyl (C=O) groups is 3. The van der Waals surface area contributed by atoms with E-state index in [0.29, 0.717) is 34.8 Å². The first kappa shape index (κ1) is 37.4. The number of nitrogens with one attached hydrogen (secondary N) is 1. The largest absolute Gasteiger partial charge is 0.497 e. The van der Waals surface area contributed by atoms with Crippen LogP contribution in [0.25, 0.3) is 0 Å². The summed E-state index contributed by atoms with van der Waals surface area (Å²) in [5.41, 5.74) is 1.94. The molecule has 12 heteroatoms. The molecule has 0 saturated carbocycles. The molecule has 2 aliphatic rings. The van der Waals surface area contributed by atoms with Gasteiger partial charge < -0.3 is 33.8 Å². The molecule has 3 amide bonds. The Morgan fingerprint density at radius 1 is 1.02 bits per heavy atom. The van der Waals surface area contributed by atoms with Gasteiger partial charge in [0.2, 0.25) is 14.3 Å². The Bertz CT molecular complexity index is 1920. The number of methoxy groups -OCH3 is 1. The molecule has 272 valence electrons. The molecular weight excluding hydrogens is 745 g/mol. The number of ether oxygens (including phenoxy) is 2. The molecule has 4 aromatic rings. The zero-order chi connectivity index (χ0) is 37.2. The molecule has 2 heterocycles. The van der Waals surface area contributed by atoms with Gasteiger partial charge in [0.05, 0.1) is 38.5 Å². The van der Waals surface area contributed by atoms with E-state index in [1.165, 1.54) is 0 Å². The summed E-state index contributed by atoms with van der Waals surface area (Å²) in [5.74, 6) is -0.756. The number of anilines is 2. The van der Waals surface area contributed by atoms with Gasteiger partial charge in [-0.05, 0) is 78.8 Å². The quantitative estimate of drug-likeness (QED) is 0.114. The normalized spacial score (nSPS) is 20.9. The van der Waals surface area contributed by atoms with Crippen molar-refractivity contribution in [2.75, 3.05) is 30.5 Å². The Kier molecular flexibility index (Phi) is 11.0. The van der Waals surface area contributed by atoms with E-state index in [1.54, 1.807) is 66.4 Å². The topological polar surface area (TPSA) is 108 Å². The number of amides is 3. The first-order chi connectivity index (χ1) is 24.8. The Labute approximate surface area is 313 Å². The number of carbonyl (C=O) groups excluding carboxylic acids is 3. The van der Waals surface area contributed by atoms with Crippen LogP contribution in [-0.2, 0) is 33.0 Å². The van der Waals surface area contributed by atoms with Crippen molar-refractivity contribution in [3.8, 4) is 5.75 Å². The highest BCUT2D eigenvalue weighted by atomic mass is 79.9. The molecule has 52 heavy (non-hydrogen) atoms. The molecule has 0 aromatic heterocycles. The maximum Gasteiger partial charge on any atom is 0.264 e. The summed E-state index contributed by atoms with van der Waals surface area (Å²) in [4.78, 5) is 44.7. The minimum Gasteiger partial charge on any atom is -0.497 e. The summed E-state index contributed by atoms with van der Waals surface area (Å²) in [6.07, 6.45) is -0.972. The average molecular weight is 789 g/mol. The number of hydrogen-bond donors (Lipinski definition) is 2. The fourth-order valence-electron chi connectivity index (χ4n) is 7.72. The minimum absolute atomic E-state index is 0.120. The van der Waals surface area contributed by atoms with Crippen LogP contribution < -0.4 is 15.0 Å². The van der Waals surface area contributed by atoms with Gasteiger partial charge in [-0.1, -0.05) is 65.3 Å². The summed E-state index contributed by atoms with van der Waals surface area (Å²) in [6, 6.07) is 29.2. The molecule has 1 saturated heterocycles. The molecular formula is C40H43BrFN3O6Si. The molecule has 6 rings (SSSR count). The molecule has 0 unspecified atom stereocenters. The fraction of sp³-hybridized carbons (Fsp3) is 0.325. The first-order valence-corrected chi connectivity index (χ1v) is 21.1. The lowest BCUT2D eigenvalue weighted by Crippen LogP contribution is -2.45. The first-order valence-electron chi connectivity index (χ1n) is 17.3. The molecule has 1 fully saturated rings. The Morgan fingerprint density at radius 3 is 2.35 bits per heavy atom. The van der Waals surface area contributed by atoms with Crippen molar-refractivity contribution in [2.24, 2.45) is 5.92 Å². The van der Waals surface area contributed by atoms with Gasteiger partial charge in [0, 0.05) is 45.8 Å². The number of aliphatic hydroxyl groups is 1. The van der Waals surface area contributed by atoms with Crippen molar-refractivity contribution >= 4 is 53.4 Å². The number of rotatable bonds is 12. The van der Waals surface area contributed by atoms with E-state index in [9.17, 15) is 19.5 Å². The smallest absolute Gasteiger partial charge is 0.264 e. The van der Waals surface area contributed by atoms with Gasteiger partial charge in [0.1, 0.15) is 5.75 Å². The van der Waals surface area contributed by atoms with Crippen LogP contribution in [0.1, 0.15) is 40.4 Å². The number of hydrogen-bond acceptors (Lipinski definition) is 6. The van der Waals surface area contributed by atoms with Crippen molar-refractivity contribution in [3.05, 3.63) is 124 Å². The van der Waals surface area contributed by atoms with E-state index in [2.05, 4.69) is 21.2 Å². The second-order valence-electron chi connectivity index (χ2n) is 13.9. The molecule has 9 nitrogen and oxygen atoms in total. The lowest BCUT2D eigenvalue weighted by Gasteiger charge is -2.31. The summed E-state index contributed by atoms with van der Waals surface area (Å²) < 4.78 is 29.1. The minimum atomic E-state index is -3.52. The zero-order valence-corrected chi connectivity index (χ0v) is 32.2. The van der Waals surface area contributed by atoms with Gasteiger partial charge in [-0.25, -0.2) is 0 Å². The number of aliphatic hydroxyl groups excluding tert-OH is 1. The second kappa shape index (κ2) is 15.3. The SMILES string of the molecule is COc1ccc(C(=O)Nc2ccc(CN3C(=O)[C@@]4(O[C@@H](CC(=O)N(CCO)Cc5ccccc5)[C@H]([Si](C)(C)F)[C@H]4C)c4cc(Br)ccc43)cc2)cc1. The van der Waals surface area contributed by atoms with E-state index >= 15 is 4.11 Å². The van der Waals surface area contributed by atoms with E-state index < -0.39 is 31.6 Å². The summed E-state index contributed by atoms with van der Waals surface area (Å²) >= 11 is 3.58. The Morgan fingerprint density at radius 2 is 1.71 bits per heavy atom. The van der Waals surface area contributed by atoms with Crippen molar-refractivity contribution in [1.82, 2.24) is 4.90 Å². The van der Waals surface area contributed by atoms with Gasteiger partial charge in [-0.15, -0.1) is 0 Å². The Hall–Kier alpha value is -4.36. The summed E-state index contributed by atoms with van der Waals surface area (Å²) in [5, 5.41) is 12.7. The highest BCUT2D eigenvalue weighted by Crippen LogP contribution is 2.60. The molecule has 2 N–H and O–H groups in total. The lowest BCUT2D eigenvalue weighted by atomic mass is 9.82. The van der Waals surface area contributed by atoms with Crippen LogP contribution in [0.4, 0.5) is 15.5 Å². The van der Waals surface area contributed by atoms with Crippen molar-refractivity contribution in [2.45, 2.75) is 56.8 Å². The third kappa shape index (κ3) is 7.43. The second-order valence-corrected chi connectivity index (χ2v) is 18.6. The van der Waals surface area contributed by atoms with Crippen LogP contribution in [0.3, 0.4) is 0 Å². The van der Waals surface area contributed by atoms with Gasteiger partial charge in [0.15, 0.2) is 5.60 Å². The molecule has 0 bridgehead atoms. The average Bonchev–Trinajstić information content (AvgIpc) is 3.54. The highest BCUT2D eigenvalue weighted by molar-refractivity contribution is 9.10. The van der Waals surface area contributed by atoms with Crippen molar-refractivity contribution in [1.29, 1.82) is 0 Å². The van der Waals surface area contributed by atoms with Crippen molar-refractivity contribution < 1.29 is 33.1 Å². The highest BCUT2D eigenvalue weighted by Gasteiger charge is 2.67. The monoisotopic (exact) mass is 787 g/mol. The number of halogens is 2. The molecule has 4 aromatic carbocycles. The van der Waals surface area contributed by atoms with Crippen LogP contribution in [0.15, 0.2) is 102 Å². The third-order valence-corrected chi connectivity index (χ3v) is 13.1. The van der Waals surface area contributed by atoms with Gasteiger partial charge in [-0.3, -0.25) is 14.4 Å². The summed E-state index contributed by atoms with van der Waals surface area (Å²) in [7, 11) is -1.95. The van der Waals surface area contributed by atoms with E-state index in [1.807, 2.05) is 67.6 Å². The lowest BCUT2D eigenvalue weighted by molar-refractivity contribution is -0.150. The third-order valence-electron chi connectivity index (χ3n) is 10.1. The van der Waals surface area contributed by atoms with Crippen LogP contribution in [-0.4, -0.2) is 62.5 Å². The maximum absolute atomic E-state index is 16.4. The molecule has 0 aliphatic carbocycles.